The summed E-state index contributed by atoms with van der Waals surface area (Å²) in [5.74, 6) is 3.16. The van der Waals surface area contributed by atoms with Crippen LogP contribution >= 0.6 is 0 Å². The first-order valence-corrected chi connectivity index (χ1v) is 4.63. The molecule has 0 aromatic carbocycles. The first kappa shape index (κ1) is 9.01. The predicted molar refractivity (Wildman–Crippen MR) is 56.3 cm³/mol. The van der Waals surface area contributed by atoms with Crippen LogP contribution in [0.3, 0.4) is 0 Å². The summed E-state index contributed by atoms with van der Waals surface area (Å²) in [6.45, 7) is 7.07. The zero-order chi connectivity index (χ0) is 10.3. The topological polar surface area (TPSA) is 30.2 Å². The highest BCUT2D eigenvalue weighted by Gasteiger charge is 2.23. The fourth-order valence-electron chi connectivity index (χ4n) is 1.41. The largest absolute Gasteiger partial charge is 0.252 e. The van der Waals surface area contributed by atoms with Crippen molar-refractivity contribution < 1.29 is 0 Å². The quantitative estimate of drug-likeness (QED) is 0.567. The lowest BCUT2D eigenvalue weighted by Crippen LogP contribution is -2.15. The average Bonchev–Trinajstić information content (AvgIpc) is 2.58. The first-order valence-electron chi connectivity index (χ1n) is 4.63. The molecule has 0 fully saturated rings. The van der Waals surface area contributed by atoms with Gasteiger partial charge in [-0.2, -0.15) is 5.10 Å². The molecule has 0 saturated heterocycles. The van der Waals surface area contributed by atoms with Crippen molar-refractivity contribution in [2.45, 2.75) is 32.7 Å². The molecular weight excluding hydrogens is 174 g/mol. The molecule has 0 radical (unpaired) electrons. The Hall–Kier alpha value is -1.56. The van der Waals surface area contributed by atoms with E-state index in [1.165, 1.54) is 0 Å². The molecule has 72 valence electrons. The first-order chi connectivity index (χ1) is 6.52. The summed E-state index contributed by atoms with van der Waals surface area (Å²) in [6, 6.07) is 2.08. The molecule has 0 N–H and O–H groups in total. The molecule has 3 nitrogen and oxygen atoms in total. The van der Waals surface area contributed by atoms with Crippen molar-refractivity contribution in [3.05, 3.63) is 17.5 Å². The maximum Gasteiger partial charge on any atom is 0.201 e. The van der Waals surface area contributed by atoms with Crippen molar-refractivity contribution in [2.75, 3.05) is 0 Å². The molecule has 14 heavy (non-hydrogen) atoms. The second-order valence-electron chi connectivity index (χ2n) is 4.47. The Bertz CT molecular complexity index is 438. The molecule has 0 aliphatic carbocycles. The lowest BCUT2D eigenvalue weighted by atomic mass is 9.92. The maximum absolute atomic E-state index is 5.33. The van der Waals surface area contributed by atoms with Crippen molar-refractivity contribution in [3.8, 4) is 12.3 Å². The van der Waals surface area contributed by atoms with Crippen LogP contribution in [0.4, 0.5) is 0 Å². The molecule has 0 saturated carbocycles. The van der Waals surface area contributed by atoms with Gasteiger partial charge < -0.3 is 0 Å². The minimum absolute atomic E-state index is 0.0665. The van der Waals surface area contributed by atoms with Crippen LogP contribution in [0.15, 0.2) is 11.1 Å². The molecule has 3 heteroatoms. The average molecular weight is 187 g/mol. The summed E-state index contributed by atoms with van der Waals surface area (Å²) in [6.07, 6.45) is 5.33. The van der Waals surface area contributed by atoms with Crippen LogP contribution in [0.25, 0.3) is 0 Å². The monoisotopic (exact) mass is 187 g/mol. The zero-order valence-electron chi connectivity index (χ0n) is 8.70. The fraction of sp³-hybridized carbons (Fsp3) is 0.455. The van der Waals surface area contributed by atoms with E-state index >= 15 is 0 Å². The van der Waals surface area contributed by atoms with Crippen LogP contribution < -0.4 is 0 Å². The van der Waals surface area contributed by atoms with Gasteiger partial charge in [0.25, 0.3) is 0 Å². The molecule has 1 aliphatic heterocycles. The SMILES string of the molecule is C#CC1=NCc2cc(C(C)(C)C)nn21. The highest BCUT2D eigenvalue weighted by Crippen LogP contribution is 2.23. The van der Waals surface area contributed by atoms with Gasteiger partial charge in [0.1, 0.15) is 0 Å². The molecule has 2 heterocycles. The van der Waals surface area contributed by atoms with Crippen LogP contribution in [0.5, 0.6) is 0 Å². The third kappa shape index (κ3) is 1.24. The van der Waals surface area contributed by atoms with E-state index in [1.54, 1.807) is 4.68 Å². The fourth-order valence-corrected chi connectivity index (χ4v) is 1.41. The molecule has 0 unspecified atom stereocenters. The van der Waals surface area contributed by atoms with Crippen molar-refractivity contribution in [2.24, 2.45) is 4.99 Å². The number of hydrogen-bond acceptors (Lipinski definition) is 2. The van der Waals surface area contributed by atoms with Crippen LogP contribution in [0, 0.1) is 12.3 Å². The van der Waals surface area contributed by atoms with E-state index in [0.717, 1.165) is 11.4 Å². The van der Waals surface area contributed by atoms with Crippen molar-refractivity contribution in [1.29, 1.82) is 0 Å². The number of nitrogens with zero attached hydrogens (tertiary/aromatic N) is 3. The van der Waals surface area contributed by atoms with E-state index in [4.69, 9.17) is 6.42 Å². The summed E-state index contributed by atoms with van der Waals surface area (Å²) in [4.78, 5) is 4.19. The molecule has 1 aromatic heterocycles. The summed E-state index contributed by atoms with van der Waals surface area (Å²) >= 11 is 0. The molecular formula is C11H13N3. The molecule has 1 aromatic rings. The zero-order valence-corrected chi connectivity index (χ0v) is 8.70. The van der Waals surface area contributed by atoms with Crippen LogP contribution in [-0.4, -0.2) is 15.6 Å². The lowest BCUT2D eigenvalue weighted by Gasteiger charge is -2.14. The number of aliphatic imine (C=N–C) groups is 1. The van der Waals surface area contributed by atoms with Crippen molar-refractivity contribution in [3.63, 3.8) is 0 Å². The summed E-state index contributed by atoms with van der Waals surface area (Å²) < 4.78 is 1.76. The minimum Gasteiger partial charge on any atom is -0.252 e. The molecule has 0 spiro atoms. The Labute approximate surface area is 83.8 Å². The van der Waals surface area contributed by atoms with Gasteiger partial charge in [-0.3, -0.25) is 4.99 Å². The van der Waals surface area contributed by atoms with Gasteiger partial charge >= 0.3 is 0 Å². The van der Waals surface area contributed by atoms with E-state index in [9.17, 15) is 0 Å². The van der Waals surface area contributed by atoms with E-state index in [1.807, 2.05) is 0 Å². The summed E-state index contributed by atoms with van der Waals surface area (Å²) in [5.41, 5.74) is 2.22. The summed E-state index contributed by atoms with van der Waals surface area (Å²) in [7, 11) is 0. The Morgan fingerprint density at radius 2 is 2.21 bits per heavy atom. The van der Waals surface area contributed by atoms with Crippen LogP contribution in [-0.2, 0) is 12.0 Å². The van der Waals surface area contributed by atoms with E-state index < -0.39 is 0 Å². The highest BCUT2D eigenvalue weighted by molar-refractivity contribution is 6.00. The lowest BCUT2D eigenvalue weighted by molar-refractivity contribution is 0.563. The van der Waals surface area contributed by atoms with E-state index in [0.29, 0.717) is 12.4 Å². The van der Waals surface area contributed by atoms with Crippen molar-refractivity contribution in [1.82, 2.24) is 9.78 Å². The Morgan fingerprint density at radius 3 is 2.79 bits per heavy atom. The predicted octanol–water partition coefficient (Wildman–Crippen LogP) is 1.57. The number of terminal acetylenes is 1. The molecule has 0 bridgehead atoms. The van der Waals surface area contributed by atoms with Gasteiger partial charge in [-0.15, -0.1) is 6.42 Å². The number of rotatable bonds is 0. The molecule has 2 rings (SSSR count). The highest BCUT2D eigenvalue weighted by atomic mass is 15.3. The second-order valence-corrected chi connectivity index (χ2v) is 4.47. The standard InChI is InChI=1S/C11H13N3/c1-5-10-12-7-8-6-9(11(2,3)4)13-14(8)10/h1,6H,7H2,2-4H3. The smallest absolute Gasteiger partial charge is 0.201 e. The van der Waals surface area contributed by atoms with Crippen molar-refractivity contribution >= 4 is 5.84 Å². The number of fused-ring (bicyclic) bond motifs is 1. The van der Waals surface area contributed by atoms with Gasteiger partial charge in [0.2, 0.25) is 5.84 Å². The van der Waals surface area contributed by atoms with E-state index in [-0.39, 0.29) is 5.41 Å². The van der Waals surface area contributed by atoms with Gasteiger partial charge in [-0.05, 0) is 12.0 Å². The number of aromatic nitrogens is 2. The third-order valence-corrected chi connectivity index (χ3v) is 2.27. The Balaban J connectivity index is 2.47. The third-order valence-electron chi connectivity index (χ3n) is 2.27. The van der Waals surface area contributed by atoms with Gasteiger partial charge in [0.05, 0.1) is 17.9 Å². The van der Waals surface area contributed by atoms with Gasteiger partial charge in [0.15, 0.2) is 0 Å². The van der Waals surface area contributed by atoms with Crippen LogP contribution in [0.2, 0.25) is 0 Å². The minimum atomic E-state index is 0.0665. The van der Waals surface area contributed by atoms with E-state index in [2.05, 4.69) is 42.8 Å². The maximum atomic E-state index is 5.33. The normalized spacial score (nSPS) is 14.9. The molecule has 0 amide bonds. The molecule has 0 atom stereocenters. The number of hydrogen-bond donors (Lipinski definition) is 0. The van der Waals surface area contributed by atoms with Gasteiger partial charge in [-0.25, -0.2) is 4.68 Å². The summed E-state index contributed by atoms with van der Waals surface area (Å²) in [5, 5.41) is 4.46. The van der Waals surface area contributed by atoms with Crippen LogP contribution in [0.1, 0.15) is 32.2 Å². The Morgan fingerprint density at radius 1 is 1.50 bits per heavy atom. The second kappa shape index (κ2) is 2.71. The van der Waals surface area contributed by atoms with Gasteiger partial charge in [-0.1, -0.05) is 20.8 Å². The molecule has 1 aliphatic rings. The van der Waals surface area contributed by atoms with Gasteiger partial charge in [0, 0.05) is 5.41 Å². The Kier molecular flexibility index (Phi) is 1.75.